The molecule has 1 N–H and O–H groups in total. The maximum Gasteiger partial charge on any atom is 0.232 e. The van der Waals surface area contributed by atoms with Gasteiger partial charge in [-0.25, -0.2) is 0 Å². The fraction of sp³-hybridized carbons (Fsp3) is 0.625. The van der Waals surface area contributed by atoms with E-state index < -0.39 is 0 Å². The first-order valence-corrected chi connectivity index (χ1v) is 12.8. The number of nitrogens with one attached hydrogen (secondary N) is 1. The molecule has 6 nitrogen and oxygen atoms in total. The van der Waals surface area contributed by atoms with Crippen LogP contribution in [0.3, 0.4) is 0 Å². The number of aryl methyl sites for hydroxylation is 1. The summed E-state index contributed by atoms with van der Waals surface area (Å²) in [6.45, 7) is 6.30. The van der Waals surface area contributed by atoms with Crippen LogP contribution in [0.25, 0.3) is 5.69 Å². The molecule has 1 aromatic carbocycles. The van der Waals surface area contributed by atoms with Crippen molar-refractivity contribution in [1.29, 1.82) is 0 Å². The minimum absolute atomic E-state index is 0.0986. The van der Waals surface area contributed by atoms with E-state index in [-0.39, 0.29) is 11.9 Å². The molecule has 2 heterocycles. The van der Waals surface area contributed by atoms with Crippen molar-refractivity contribution in [3.8, 4) is 5.69 Å². The zero-order chi connectivity index (χ0) is 21.4. The van der Waals surface area contributed by atoms with Crippen LogP contribution in [0.5, 0.6) is 0 Å². The van der Waals surface area contributed by atoms with Crippen LogP contribution in [-0.4, -0.2) is 45.6 Å². The quantitative estimate of drug-likeness (QED) is 0.655. The minimum Gasteiger partial charge on any atom is -0.353 e. The van der Waals surface area contributed by atoms with E-state index in [4.69, 9.17) is 0 Å². The molecule has 2 saturated carbocycles. The molecule has 4 unspecified atom stereocenters. The van der Waals surface area contributed by atoms with E-state index in [0.29, 0.717) is 11.7 Å². The summed E-state index contributed by atoms with van der Waals surface area (Å²) in [6.07, 6.45) is 7.78. The normalized spacial score (nSPS) is 25.9. The lowest BCUT2D eigenvalue weighted by Gasteiger charge is -2.28. The highest BCUT2D eigenvalue weighted by Gasteiger charge is 2.42. The Morgan fingerprint density at radius 3 is 2.61 bits per heavy atom. The van der Waals surface area contributed by atoms with Gasteiger partial charge in [0.1, 0.15) is 0 Å². The predicted octanol–water partition coefficient (Wildman–Crippen LogP) is 4.21. The van der Waals surface area contributed by atoms with E-state index in [1.165, 1.54) is 55.9 Å². The molecule has 166 valence electrons. The van der Waals surface area contributed by atoms with Gasteiger partial charge in [-0.05, 0) is 75.8 Å². The third-order valence-electron chi connectivity index (χ3n) is 7.45. The Labute approximate surface area is 189 Å². The highest BCUT2D eigenvalue weighted by atomic mass is 32.2. The van der Waals surface area contributed by atoms with Gasteiger partial charge < -0.3 is 10.2 Å². The molecule has 2 bridgehead atoms. The van der Waals surface area contributed by atoms with Gasteiger partial charge >= 0.3 is 0 Å². The summed E-state index contributed by atoms with van der Waals surface area (Å²) in [7, 11) is 0. The fourth-order valence-electron chi connectivity index (χ4n) is 5.84. The zero-order valence-corrected chi connectivity index (χ0v) is 19.4. The van der Waals surface area contributed by atoms with Crippen LogP contribution in [0.4, 0.5) is 5.95 Å². The van der Waals surface area contributed by atoms with Gasteiger partial charge in [0.05, 0.1) is 11.4 Å². The van der Waals surface area contributed by atoms with Crippen molar-refractivity contribution in [2.24, 2.45) is 17.8 Å². The number of carbonyl (C=O) groups excluding carboxylic acids is 1. The summed E-state index contributed by atoms with van der Waals surface area (Å²) in [4.78, 5) is 15.0. The van der Waals surface area contributed by atoms with Gasteiger partial charge in [-0.2, -0.15) is 0 Å². The van der Waals surface area contributed by atoms with Gasteiger partial charge in [0.25, 0.3) is 0 Å². The first-order valence-electron chi connectivity index (χ1n) is 11.8. The minimum atomic E-state index is 0.0986. The van der Waals surface area contributed by atoms with Crippen molar-refractivity contribution in [2.45, 2.75) is 63.6 Å². The molecule has 2 aliphatic carbocycles. The zero-order valence-electron chi connectivity index (χ0n) is 18.6. The number of fused-ring (bicyclic) bond motifs is 2. The third kappa shape index (κ3) is 4.34. The van der Waals surface area contributed by atoms with Crippen LogP contribution in [0, 0.1) is 24.7 Å². The number of thioether (sulfide) groups is 1. The first-order chi connectivity index (χ1) is 15.1. The highest BCUT2D eigenvalue weighted by Crippen LogP contribution is 2.49. The number of anilines is 1. The Kier molecular flexibility index (Phi) is 5.95. The van der Waals surface area contributed by atoms with Gasteiger partial charge in [-0.1, -0.05) is 35.9 Å². The first kappa shape index (κ1) is 20.9. The topological polar surface area (TPSA) is 63.1 Å². The van der Waals surface area contributed by atoms with Crippen molar-refractivity contribution in [3.05, 3.63) is 29.8 Å². The number of rotatable bonds is 7. The smallest absolute Gasteiger partial charge is 0.232 e. The average Bonchev–Trinajstić information content (AvgIpc) is 3.56. The maximum absolute atomic E-state index is 12.7. The van der Waals surface area contributed by atoms with Crippen molar-refractivity contribution in [1.82, 2.24) is 20.1 Å². The van der Waals surface area contributed by atoms with Crippen molar-refractivity contribution in [3.63, 3.8) is 0 Å². The van der Waals surface area contributed by atoms with E-state index >= 15 is 0 Å². The molecule has 0 radical (unpaired) electrons. The number of amides is 1. The monoisotopic (exact) mass is 439 g/mol. The number of nitrogens with zero attached hydrogens (tertiary/aromatic N) is 4. The largest absolute Gasteiger partial charge is 0.353 e. The molecule has 5 rings (SSSR count). The van der Waals surface area contributed by atoms with Crippen LogP contribution in [0.15, 0.2) is 29.4 Å². The second-order valence-corrected chi connectivity index (χ2v) is 10.6. The molecule has 3 aliphatic rings. The Hall–Kier alpha value is -2.02. The van der Waals surface area contributed by atoms with E-state index in [9.17, 15) is 4.79 Å². The number of aromatic nitrogens is 3. The lowest BCUT2D eigenvalue weighted by molar-refractivity contribution is -0.119. The van der Waals surface area contributed by atoms with Crippen molar-refractivity contribution in [2.75, 3.05) is 23.7 Å². The van der Waals surface area contributed by atoms with Crippen LogP contribution in [0.2, 0.25) is 0 Å². The molecule has 2 aromatic rings. The van der Waals surface area contributed by atoms with Crippen LogP contribution in [-0.2, 0) is 4.79 Å². The molecule has 7 heteroatoms. The van der Waals surface area contributed by atoms with Crippen LogP contribution < -0.4 is 10.2 Å². The second-order valence-electron chi connectivity index (χ2n) is 9.63. The molecular formula is C24H33N5OS. The Bertz CT molecular complexity index is 921. The fourth-order valence-corrected chi connectivity index (χ4v) is 6.59. The van der Waals surface area contributed by atoms with E-state index in [1.807, 2.05) is 0 Å². The molecule has 1 aliphatic heterocycles. The SMILES string of the molecule is Cc1ccc(-n2c(SCC(=O)NC(C)C3CC4CCC3C4)nnc2N2CCCC2)cc1. The van der Waals surface area contributed by atoms with Crippen LogP contribution >= 0.6 is 11.8 Å². The molecule has 31 heavy (non-hydrogen) atoms. The van der Waals surface area contributed by atoms with Gasteiger partial charge in [0.2, 0.25) is 11.9 Å². The average molecular weight is 440 g/mol. The summed E-state index contributed by atoms with van der Waals surface area (Å²) in [5, 5.41) is 13.0. The predicted molar refractivity (Wildman–Crippen MR) is 125 cm³/mol. The molecule has 1 aromatic heterocycles. The summed E-state index contributed by atoms with van der Waals surface area (Å²) in [5.41, 5.74) is 2.28. The summed E-state index contributed by atoms with van der Waals surface area (Å²) in [6, 6.07) is 8.71. The summed E-state index contributed by atoms with van der Waals surface area (Å²) in [5.74, 6) is 3.74. The maximum atomic E-state index is 12.7. The van der Waals surface area contributed by atoms with Gasteiger partial charge in [0.15, 0.2) is 5.16 Å². The lowest BCUT2D eigenvalue weighted by atomic mass is 9.84. The van der Waals surface area contributed by atoms with Crippen molar-refractivity contribution >= 4 is 23.6 Å². The number of hydrogen-bond acceptors (Lipinski definition) is 5. The van der Waals surface area contributed by atoms with Crippen molar-refractivity contribution < 1.29 is 4.79 Å². The summed E-state index contributed by atoms with van der Waals surface area (Å²) < 4.78 is 2.11. The second kappa shape index (κ2) is 8.85. The molecular weight excluding hydrogens is 406 g/mol. The van der Waals surface area contributed by atoms with Gasteiger partial charge in [0, 0.05) is 19.1 Å². The highest BCUT2D eigenvalue weighted by molar-refractivity contribution is 7.99. The van der Waals surface area contributed by atoms with E-state index in [0.717, 1.165) is 41.7 Å². The molecule has 0 spiro atoms. The Morgan fingerprint density at radius 1 is 1.16 bits per heavy atom. The molecule has 1 saturated heterocycles. The lowest BCUT2D eigenvalue weighted by Crippen LogP contribution is -2.40. The van der Waals surface area contributed by atoms with E-state index in [2.05, 4.69) is 63.1 Å². The number of hydrogen-bond donors (Lipinski definition) is 1. The van der Waals surface area contributed by atoms with Gasteiger partial charge in [-0.15, -0.1) is 10.2 Å². The molecule has 3 fully saturated rings. The van der Waals surface area contributed by atoms with E-state index in [1.54, 1.807) is 0 Å². The number of benzene rings is 1. The van der Waals surface area contributed by atoms with Gasteiger partial charge in [-0.3, -0.25) is 9.36 Å². The molecule has 1 amide bonds. The molecule has 4 atom stereocenters. The Morgan fingerprint density at radius 2 is 1.94 bits per heavy atom. The van der Waals surface area contributed by atoms with Crippen LogP contribution in [0.1, 0.15) is 51.0 Å². The summed E-state index contributed by atoms with van der Waals surface area (Å²) >= 11 is 1.48. The number of carbonyl (C=O) groups is 1. The third-order valence-corrected chi connectivity index (χ3v) is 8.38. The standard InChI is InChI=1S/C24H33N5OS/c1-16-5-9-20(10-6-16)29-23(28-11-3-4-12-28)26-27-24(29)31-15-22(30)25-17(2)21-14-18-7-8-19(21)13-18/h5-6,9-10,17-19,21H,3-4,7-8,11-15H2,1-2H3,(H,25,30). The Balaban J connectivity index is 1.27.